The number of nitrogens with two attached hydrogens (primary N) is 1. The summed E-state index contributed by atoms with van der Waals surface area (Å²) < 4.78 is 6.44. The van der Waals surface area contributed by atoms with Gasteiger partial charge in [0.25, 0.3) is 5.56 Å². The van der Waals surface area contributed by atoms with Gasteiger partial charge in [0.05, 0.1) is 12.7 Å². The highest BCUT2D eigenvalue weighted by molar-refractivity contribution is 7.10. The van der Waals surface area contributed by atoms with Crippen molar-refractivity contribution in [2.24, 2.45) is 12.9 Å². The molecule has 10 nitrogen and oxygen atoms in total. The van der Waals surface area contributed by atoms with E-state index in [4.69, 9.17) is 5.84 Å². The van der Waals surface area contributed by atoms with Gasteiger partial charge in [-0.1, -0.05) is 9.70 Å². The van der Waals surface area contributed by atoms with Crippen molar-refractivity contribution in [2.45, 2.75) is 6.54 Å². The van der Waals surface area contributed by atoms with Gasteiger partial charge in [-0.05, 0) is 0 Å². The first kappa shape index (κ1) is 11.7. The van der Waals surface area contributed by atoms with Crippen molar-refractivity contribution in [2.75, 3.05) is 5.43 Å². The van der Waals surface area contributed by atoms with Crippen LogP contribution in [0.1, 0.15) is 5.69 Å². The Bertz CT molecular complexity index is 787. The zero-order valence-electron chi connectivity index (χ0n) is 9.81. The van der Waals surface area contributed by atoms with E-state index >= 15 is 0 Å². The van der Waals surface area contributed by atoms with Crippen LogP contribution in [0.15, 0.2) is 11.0 Å². The second kappa shape index (κ2) is 4.37. The lowest BCUT2D eigenvalue weighted by molar-refractivity contribution is 0.587. The molecule has 0 saturated heterocycles. The molecule has 11 heteroatoms. The molecule has 3 rings (SSSR count). The highest BCUT2D eigenvalue weighted by Gasteiger charge is 2.13. The van der Waals surface area contributed by atoms with Crippen molar-refractivity contribution >= 4 is 27.6 Å². The van der Waals surface area contributed by atoms with Crippen molar-refractivity contribution in [1.82, 2.24) is 34.4 Å². The Morgan fingerprint density at radius 3 is 3.11 bits per heavy atom. The fraction of sp³-hybridized carbons (Fsp3) is 0.250. The molecular formula is C8H9N9OS. The maximum absolute atomic E-state index is 12.2. The lowest BCUT2D eigenvalue weighted by Crippen LogP contribution is -2.25. The number of hydrazine groups is 1. The molecule has 0 amide bonds. The Morgan fingerprint density at radius 1 is 1.47 bits per heavy atom. The number of aryl methyl sites for hydroxylation is 1. The van der Waals surface area contributed by atoms with Gasteiger partial charge in [-0.15, -0.1) is 10.2 Å². The number of nitrogen functional groups attached to an aromatic ring is 1. The normalized spacial score (nSPS) is 11.1. The standard InChI is InChI=1S/C8H9N9OS/c1-16-6-4(2-10-16)8(18)17(14-13-6)3-5-7(11-9)19-15-12-5/h2,11H,3,9H2,1H3. The monoisotopic (exact) mass is 279 g/mol. The molecule has 19 heavy (non-hydrogen) atoms. The summed E-state index contributed by atoms with van der Waals surface area (Å²) in [5.41, 5.74) is 3.16. The second-order valence-electron chi connectivity index (χ2n) is 3.75. The van der Waals surface area contributed by atoms with Crippen LogP contribution in [-0.2, 0) is 13.6 Å². The van der Waals surface area contributed by atoms with Crippen LogP contribution >= 0.6 is 11.5 Å². The van der Waals surface area contributed by atoms with E-state index in [1.807, 2.05) is 0 Å². The summed E-state index contributed by atoms with van der Waals surface area (Å²) >= 11 is 1.11. The highest BCUT2D eigenvalue weighted by Crippen LogP contribution is 2.16. The van der Waals surface area contributed by atoms with Gasteiger partial charge < -0.3 is 5.43 Å². The lowest BCUT2D eigenvalue weighted by atomic mass is 10.4. The van der Waals surface area contributed by atoms with Crippen LogP contribution in [0.4, 0.5) is 5.00 Å². The molecule has 0 aliphatic rings. The SMILES string of the molecule is Cn1ncc2c(=O)n(Cc3nnsc3NN)nnc21. The summed E-state index contributed by atoms with van der Waals surface area (Å²) in [5.74, 6) is 5.32. The molecule has 0 aliphatic carbocycles. The van der Waals surface area contributed by atoms with Gasteiger partial charge in [0, 0.05) is 18.6 Å². The molecule has 98 valence electrons. The number of nitrogens with one attached hydrogen (secondary N) is 1. The molecule has 0 bridgehead atoms. The molecule has 3 aromatic rings. The molecule has 3 heterocycles. The Labute approximate surface area is 110 Å². The first-order valence-corrected chi connectivity index (χ1v) is 6.01. The van der Waals surface area contributed by atoms with Gasteiger partial charge in [-0.2, -0.15) is 5.10 Å². The van der Waals surface area contributed by atoms with Crippen molar-refractivity contribution in [3.8, 4) is 0 Å². The zero-order valence-corrected chi connectivity index (χ0v) is 10.6. The minimum Gasteiger partial charge on any atom is -0.313 e. The molecular weight excluding hydrogens is 270 g/mol. The first-order valence-electron chi connectivity index (χ1n) is 5.24. The van der Waals surface area contributed by atoms with Crippen LogP contribution in [0.2, 0.25) is 0 Å². The van der Waals surface area contributed by atoms with Crippen LogP contribution in [0.25, 0.3) is 11.0 Å². The second-order valence-corrected chi connectivity index (χ2v) is 4.50. The van der Waals surface area contributed by atoms with Crippen molar-refractivity contribution in [1.29, 1.82) is 0 Å². The fourth-order valence-electron chi connectivity index (χ4n) is 1.64. The van der Waals surface area contributed by atoms with Gasteiger partial charge in [0.15, 0.2) is 5.65 Å². The number of fused-ring (bicyclic) bond motifs is 1. The van der Waals surface area contributed by atoms with Crippen LogP contribution < -0.4 is 16.8 Å². The van der Waals surface area contributed by atoms with E-state index in [1.54, 1.807) is 7.05 Å². The molecule has 3 N–H and O–H groups in total. The first-order chi connectivity index (χ1) is 9.20. The zero-order chi connectivity index (χ0) is 13.4. The van der Waals surface area contributed by atoms with Crippen LogP contribution in [0.5, 0.6) is 0 Å². The van der Waals surface area contributed by atoms with Gasteiger partial charge in [-0.3, -0.25) is 4.79 Å². The van der Waals surface area contributed by atoms with Crippen molar-refractivity contribution in [3.63, 3.8) is 0 Å². The summed E-state index contributed by atoms with van der Waals surface area (Å²) in [4.78, 5) is 12.2. The van der Waals surface area contributed by atoms with E-state index in [2.05, 4.69) is 30.4 Å². The number of hydrogen-bond acceptors (Lipinski definition) is 9. The van der Waals surface area contributed by atoms with Gasteiger partial charge in [0.2, 0.25) is 0 Å². The average Bonchev–Trinajstić information content (AvgIpc) is 3.00. The summed E-state index contributed by atoms with van der Waals surface area (Å²) in [7, 11) is 1.70. The van der Waals surface area contributed by atoms with Crippen molar-refractivity contribution < 1.29 is 0 Å². The third-order valence-electron chi connectivity index (χ3n) is 2.61. The Balaban J connectivity index is 2.07. The van der Waals surface area contributed by atoms with E-state index in [-0.39, 0.29) is 12.1 Å². The molecule has 3 aromatic heterocycles. The minimum atomic E-state index is -0.283. The number of anilines is 1. The van der Waals surface area contributed by atoms with E-state index in [0.717, 1.165) is 11.5 Å². The quantitative estimate of drug-likeness (QED) is 0.447. The molecule has 0 atom stereocenters. The molecule has 0 aliphatic heterocycles. The minimum absolute atomic E-state index is 0.146. The van der Waals surface area contributed by atoms with Crippen LogP contribution in [-0.4, -0.2) is 34.4 Å². The van der Waals surface area contributed by atoms with Crippen molar-refractivity contribution in [3.05, 3.63) is 22.2 Å². The Morgan fingerprint density at radius 2 is 2.32 bits per heavy atom. The molecule has 0 radical (unpaired) electrons. The topological polar surface area (TPSA) is 129 Å². The largest absolute Gasteiger partial charge is 0.313 e. The number of nitrogens with zero attached hydrogens (tertiary/aromatic N) is 7. The average molecular weight is 279 g/mol. The lowest BCUT2D eigenvalue weighted by Gasteiger charge is -2.02. The number of aromatic nitrogens is 7. The highest BCUT2D eigenvalue weighted by atomic mass is 32.1. The maximum Gasteiger partial charge on any atom is 0.281 e. The van der Waals surface area contributed by atoms with Crippen LogP contribution in [0.3, 0.4) is 0 Å². The Hall–Kier alpha value is -2.40. The predicted octanol–water partition coefficient (Wildman–Crippen LogP) is -1.29. The van der Waals surface area contributed by atoms with Gasteiger partial charge in [0.1, 0.15) is 16.1 Å². The fourth-order valence-corrected chi connectivity index (χ4v) is 2.13. The number of rotatable bonds is 3. The van der Waals surface area contributed by atoms with E-state index in [9.17, 15) is 4.79 Å². The van der Waals surface area contributed by atoms with E-state index < -0.39 is 0 Å². The Kier molecular flexibility index (Phi) is 2.68. The van der Waals surface area contributed by atoms with E-state index in [0.29, 0.717) is 21.7 Å². The molecule has 0 spiro atoms. The van der Waals surface area contributed by atoms with Gasteiger partial charge >= 0.3 is 0 Å². The van der Waals surface area contributed by atoms with Gasteiger partial charge in [-0.25, -0.2) is 15.2 Å². The van der Waals surface area contributed by atoms with Crippen LogP contribution in [0, 0.1) is 0 Å². The molecule has 0 unspecified atom stereocenters. The summed E-state index contributed by atoms with van der Waals surface area (Å²) in [6, 6.07) is 0. The molecule has 0 fully saturated rings. The molecule has 0 aromatic carbocycles. The smallest absolute Gasteiger partial charge is 0.281 e. The third kappa shape index (κ3) is 1.84. The predicted molar refractivity (Wildman–Crippen MR) is 67.4 cm³/mol. The maximum atomic E-state index is 12.2. The third-order valence-corrected chi connectivity index (χ3v) is 3.31. The summed E-state index contributed by atoms with van der Waals surface area (Å²) in [6.45, 7) is 0.146. The number of hydrogen-bond donors (Lipinski definition) is 2. The molecule has 0 saturated carbocycles. The summed E-state index contributed by atoms with van der Waals surface area (Å²) in [5, 5.41) is 16.7. The summed E-state index contributed by atoms with van der Waals surface area (Å²) in [6.07, 6.45) is 1.46. The van der Waals surface area contributed by atoms with E-state index in [1.165, 1.54) is 15.6 Å².